The third-order valence-electron chi connectivity index (χ3n) is 4.81. The maximum atomic E-state index is 7.57. The molecule has 0 aliphatic heterocycles. The molecule has 0 amide bonds. The van der Waals surface area contributed by atoms with Crippen LogP contribution in [-0.4, -0.2) is 37.1 Å². The Morgan fingerprint density at radius 3 is 1.35 bits per heavy atom. The van der Waals surface area contributed by atoms with Gasteiger partial charge in [0, 0.05) is 28.8 Å². The number of nitrogens with one attached hydrogen (secondary N) is 2. The monoisotopic (exact) mass is 900 g/mol. The summed E-state index contributed by atoms with van der Waals surface area (Å²) in [5, 5.41) is 26.3. The lowest BCUT2D eigenvalue weighted by molar-refractivity contribution is 0.318. The summed E-state index contributed by atoms with van der Waals surface area (Å²) in [6, 6.07) is 20.3. The average Bonchev–Trinajstić information content (AvgIpc) is 2.94. The number of thiocarbonyl (C=S) groups is 1. The standard InChI is InChI=1S/C14H16N4S2.C10H8Br2N2.C2H6O.CH4N2S.2BrH/c15-13(16)19-7-11-5-9-3-1-2-4-10(9)6-12(11)8-20-14(17)18;11-5-9-10(6-12)14-8-4-2-1-3-7(8)13-9;1-2-3;2-1(3)4;;/h1-6H,7-8H2,(H3,15,16)(H3,17,18);1-4H,5-6H2;3H,2H2,1H3;(H4,2,3,4);2*1H. The van der Waals surface area contributed by atoms with E-state index in [0.717, 1.165) is 44.2 Å². The normalized spacial score (nSPS) is 9.40. The van der Waals surface area contributed by atoms with Gasteiger partial charge in [0.15, 0.2) is 15.4 Å². The van der Waals surface area contributed by atoms with Gasteiger partial charge in [0.1, 0.15) is 0 Å². The molecule has 1 aromatic heterocycles. The number of fused-ring (bicyclic) bond motifs is 2. The highest BCUT2D eigenvalue weighted by molar-refractivity contribution is 9.09. The molecule has 3 aromatic carbocycles. The van der Waals surface area contributed by atoms with Gasteiger partial charge in [-0.2, -0.15) is 0 Å². The van der Waals surface area contributed by atoms with E-state index in [-0.39, 0.29) is 56.0 Å². The highest BCUT2D eigenvalue weighted by Crippen LogP contribution is 2.26. The topological polar surface area (TPSA) is 198 Å². The zero-order chi connectivity index (χ0) is 30.8. The van der Waals surface area contributed by atoms with Gasteiger partial charge in [-0.15, -0.1) is 34.0 Å². The van der Waals surface area contributed by atoms with Crippen molar-refractivity contribution in [1.82, 2.24) is 9.97 Å². The van der Waals surface area contributed by atoms with Gasteiger partial charge in [-0.05, 0) is 65.3 Å². The number of hydrogen-bond donors (Lipinski definition) is 7. The van der Waals surface area contributed by atoms with Crippen LogP contribution >= 0.6 is 102 Å². The number of para-hydroxylation sites is 2. The first-order valence-corrected chi connectivity index (χ1v) is 16.6. The molecule has 0 radical (unpaired) electrons. The average molecular weight is 904 g/mol. The smallest absolute Gasteiger partial charge is 0.160 e. The summed E-state index contributed by atoms with van der Waals surface area (Å²) < 4.78 is 0. The zero-order valence-electron chi connectivity index (χ0n) is 23.3. The van der Waals surface area contributed by atoms with Crippen molar-refractivity contribution in [3.05, 3.63) is 83.2 Å². The molecule has 236 valence electrons. The molecule has 16 heteroatoms. The molecule has 0 bridgehead atoms. The van der Waals surface area contributed by atoms with Gasteiger partial charge in [0.25, 0.3) is 0 Å². The Hall–Kier alpha value is -1.53. The minimum absolute atomic E-state index is 0. The van der Waals surface area contributed by atoms with E-state index in [1.807, 2.05) is 36.4 Å². The number of halogens is 4. The Balaban J connectivity index is 0. The molecule has 0 aliphatic carbocycles. The number of aliphatic hydroxyl groups is 1. The van der Waals surface area contributed by atoms with Crippen molar-refractivity contribution >= 4 is 139 Å². The lowest BCUT2D eigenvalue weighted by Crippen LogP contribution is -2.18. The van der Waals surface area contributed by atoms with E-state index in [1.165, 1.54) is 34.3 Å². The molecular weight excluding hydrogens is 868 g/mol. The van der Waals surface area contributed by atoms with Crippen LogP contribution in [0.4, 0.5) is 0 Å². The summed E-state index contributed by atoms with van der Waals surface area (Å²) in [4.78, 5) is 9.05. The predicted molar refractivity (Wildman–Crippen MR) is 210 cm³/mol. The van der Waals surface area contributed by atoms with E-state index in [0.29, 0.717) is 11.5 Å². The summed E-state index contributed by atoms with van der Waals surface area (Å²) in [6.07, 6.45) is 0. The Kier molecular flexibility index (Phi) is 25.1. The third kappa shape index (κ3) is 17.5. The van der Waals surface area contributed by atoms with Gasteiger partial charge >= 0.3 is 0 Å². The number of aromatic nitrogens is 2. The Morgan fingerprint density at radius 1 is 0.767 bits per heavy atom. The molecule has 0 saturated carbocycles. The Bertz CT molecular complexity index is 1350. The SMILES string of the molecule is Br.Br.BrCc1nc2ccccc2nc1CBr.CCO.N=C(N)SCc1cc2ccccc2cc1CSC(=N)N.NC(N)=S. The molecule has 0 atom stereocenters. The van der Waals surface area contributed by atoms with Gasteiger partial charge in [-0.1, -0.05) is 91.8 Å². The number of nitrogens with zero attached hydrogens (tertiary/aromatic N) is 2. The Morgan fingerprint density at radius 2 is 1.07 bits per heavy atom. The van der Waals surface area contributed by atoms with Crippen molar-refractivity contribution in [3.63, 3.8) is 0 Å². The van der Waals surface area contributed by atoms with Crippen LogP contribution < -0.4 is 22.9 Å². The number of alkyl halides is 2. The van der Waals surface area contributed by atoms with Gasteiger partial charge in [0.05, 0.1) is 22.4 Å². The van der Waals surface area contributed by atoms with Crippen LogP contribution in [0.25, 0.3) is 21.8 Å². The van der Waals surface area contributed by atoms with Crippen LogP contribution in [0.1, 0.15) is 29.4 Å². The van der Waals surface area contributed by atoms with Crippen LogP contribution in [0.5, 0.6) is 0 Å². The molecule has 0 saturated heterocycles. The van der Waals surface area contributed by atoms with Crippen molar-refractivity contribution in [2.24, 2.45) is 22.9 Å². The van der Waals surface area contributed by atoms with Crippen LogP contribution in [0.3, 0.4) is 0 Å². The highest BCUT2D eigenvalue weighted by Gasteiger charge is 2.08. The van der Waals surface area contributed by atoms with Gasteiger partial charge in [-0.25, -0.2) is 9.97 Å². The molecule has 0 aliphatic rings. The quantitative estimate of drug-likeness (QED) is 0.0465. The van der Waals surface area contributed by atoms with E-state index >= 15 is 0 Å². The van der Waals surface area contributed by atoms with E-state index in [2.05, 4.69) is 89.8 Å². The molecule has 4 aromatic rings. The van der Waals surface area contributed by atoms with Crippen molar-refractivity contribution < 1.29 is 5.11 Å². The maximum absolute atomic E-state index is 7.57. The largest absolute Gasteiger partial charge is 0.397 e. The second kappa shape index (κ2) is 24.8. The molecule has 9 nitrogen and oxygen atoms in total. The molecule has 0 unspecified atom stereocenters. The maximum Gasteiger partial charge on any atom is 0.160 e. The van der Waals surface area contributed by atoms with Crippen molar-refractivity contribution in [1.29, 1.82) is 10.8 Å². The van der Waals surface area contributed by atoms with E-state index < -0.39 is 0 Å². The number of amidine groups is 2. The number of benzene rings is 3. The van der Waals surface area contributed by atoms with Crippen LogP contribution in [0, 0.1) is 10.8 Å². The minimum Gasteiger partial charge on any atom is -0.397 e. The van der Waals surface area contributed by atoms with Crippen LogP contribution in [-0.2, 0) is 22.2 Å². The fraction of sp³-hybridized carbons (Fsp3) is 0.222. The molecular formula is C27H36Br4N8OS3. The first-order chi connectivity index (χ1) is 19.6. The summed E-state index contributed by atoms with van der Waals surface area (Å²) in [7, 11) is 0. The summed E-state index contributed by atoms with van der Waals surface area (Å²) >= 11 is 13.5. The minimum atomic E-state index is 0. The van der Waals surface area contributed by atoms with Crippen molar-refractivity contribution in [3.8, 4) is 0 Å². The second-order valence-electron chi connectivity index (χ2n) is 7.87. The second-order valence-corrected chi connectivity index (χ2v) is 11.5. The lowest BCUT2D eigenvalue weighted by atomic mass is 10.0. The van der Waals surface area contributed by atoms with E-state index in [4.69, 9.17) is 27.4 Å². The number of thioether (sulfide) groups is 2. The lowest BCUT2D eigenvalue weighted by Gasteiger charge is -2.11. The fourth-order valence-electron chi connectivity index (χ4n) is 3.20. The van der Waals surface area contributed by atoms with E-state index in [1.54, 1.807) is 6.92 Å². The van der Waals surface area contributed by atoms with E-state index in [9.17, 15) is 0 Å². The number of hydrogen-bond acceptors (Lipinski definition) is 8. The van der Waals surface area contributed by atoms with Crippen LogP contribution in [0.2, 0.25) is 0 Å². The van der Waals surface area contributed by atoms with Crippen molar-refractivity contribution in [2.75, 3.05) is 6.61 Å². The van der Waals surface area contributed by atoms with Gasteiger partial charge in [0.2, 0.25) is 0 Å². The third-order valence-corrected chi connectivity index (χ3v) is 7.41. The van der Waals surface area contributed by atoms with Crippen LogP contribution in [0.15, 0.2) is 60.7 Å². The highest BCUT2D eigenvalue weighted by atomic mass is 79.9. The number of aliphatic hydroxyl groups excluding tert-OH is 1. The number of nitrogens with two attached hydrogens (primary N) is 4. The van der Waals surface area contributed by atoms with Crippen molar-refractivity contribution in [2.45, 2.75) is 29.1 Å². The number of rotatable bonds is 6. The molecule has 0 fully saturated rings. The Labute approximate surface area is 303 Å². The predicted octanol–water partition coefficient (Wildman–Crippen LogP) is 6.86. The first kappa shape index (κ1) is 43.6. The molecule has 1 heterocycles. The summed E-state index contributed by atoms with van der Waals surface area (Å²) in [6.45, 7) is 1.93. The fourth-order valence-corrected chi connectivity index (χ4v) is 5.26. The molecule has 0 spiro atoms. The van der Waals surface area contributed by atoms with Gasteiger partial charge in [-0.3, -0.25) is 10.8 Å². The summed E-state index contributed by atoms with van der Waals surface area (Å²) in [5.41, 5.74) is 26.2. The molecule has 4 rings (SSSR count). The molecule has 11 N–H and O–H groups in total. The molecule has 43 heavy (non-hydrogen) atoms. The summed E-state index contributed by atoms with van der Waals surface area (Å²) in [5.74, 6) is 1.32. The zero-order valence-corrected chi connectivity index (χ0v) is 32.3. The van der Waals surface area contributed by atoms with Gasteiger partial charge < -0.3 is 28.0 Å². The first-order valence-electron chi connectivity index (χ1n) is 12.0.